The van der Waals surface area contributed by atoms with Crippen molar-refractivity contribution < 1.29 is 12.9 Å². The van der Waals surface area contributed by atoms with E-state index >= 15 is 0 Å². The van der Waals surface area contributed by atoms with Crippen molar-refractivity contribution in [3.63, 3.8) is 0 Å². The lowest BCUT2D eigenvalue weighted by Gasteiger charge is -2.33. The molecule has 0 atom stereocenters. The summed E-state index contributed by atoms with van der Waals surface area (Å²) in [6.45, 7) is 6.54. The summed E-state index contributed by atoms with van der Waals surface area (Å²) in [5, 5.41) is 7.11. The van der Waals surface area contributed by atoms with E-state index in [1.807, 2.05) is 0 Å². The van der Waals surface area contributed by atoms with Crippen LogP contribution in [0.3, 0.4) is 0 Å². The fraction of sp³-hybridized carbons (Fsp3) is 0.769. The molecule has 2 saturated heterocycles. The van der Waals surface area contributed by atoms with Crippen molar-refractivity contribution in [2.75, 3.05) is 26.2 Å². The van der Waals surface area contributed by atoms with Gasteiger partial charge in [0.2, 0.25) is 10.0 Å². The average molecular weight is 299 g/mol. The quantitative estimate of drug-likeness (QED) is 0.883. The van der Waals surface area contributed by atoms with Crippen molar-refractivity contribution in [3.8, 4) is 0 Å². The van der Waals surface area contributed by atoms with Crippen LogP contribution in [0.2, 0.25) is 0 Å². The maximum absolute atomic E-state index is 12.8. The molecule has 2 aliphatic heterocycles. The van der Waals surface area contributed by atoms with Crippen molar-refractivity contribution in [1.82, 2.24) is 14.8 Å². The lowest BCUT2D eigenvalue weighted by Crippen LogP contribution is -2.39. The molecule has 0 saturated carbocycles. The van der Waals surface area contributed by atoms with Gasteiger partial charge in [-0.1, -0.05) is 5.16 Å². The predicted octanol–water partition coefficient (Wildman–Crippen LogP) is 1.06. The van der Waals surface area contributed by atoms with E-state index in [9.17, 15) is 8.42 Å². The maximum Gasteiger partial charge on any atom is 0.248 e. The Hall–Kier alpha value is -0.920. The molecule has 0 amide bonds. The zero-order valence-electron chi connectivity index (χ0n) is 12.0. The van der Waals surface area contributed by atoms with Gasteiger partial charge >= 0.3 is 0 Å². The molecule has 1 spiro atoms. The van der Waals surface area contributed by atoms with E-state index in [0.29, 0.717) is 24.5 Å². The number of rotatable bonds is 2. The summed E-state index contributed by atoms with van der Waals surface area (Å²) in [5.74, 6) is 0.383. The molecule has 0 radical (unpaired) electrons. The van der Waals surface area contributed by atoms with Crippen LogP contribution in [0, 0.1) is 19.3 Å². The molecular weight excluding hydrogens is 278 g/mol. The minimum absolute atomic E-state index is 0.164. The van der Waals surface area contributed by atoms with Crippen molar-refractivity contribution in [1.29, 1.82) is 0 Å². The molecule has 2 aliphatic rings. The Labute approximate surface area is 119 Å². The molecule has 0 aromatic carbocycles. The van der Waals surface area contributed by atoms with Gasteiger partial charge in [0.1, 0.15) is 10.6 Å². The Kier molecular flexibility index (Phi) is 3.38. The number of nitrogens with one attached hydrogen (secondary N) is 1. The highest BCUT2D eigenvalue weighted by Gasteiger charge is 2.44. The lowest BCUT2D eigenvalue weighted by molar-refractivity contribution is 0.218. The highest BCUT2D eigenvalue weighted by molar-refractivity contribution is 7.89. The Morgan fingerprint density at radius 1 is 1.25 bits per heavy atom. The molecule has 1 N–H and O–H groups in total. The topological polar surface area (TPSA) is 75.4 Å². The summed E-state index contributed by atoms with van der Waals surface area (Å²) < 4.78 is 32.2. The lowest BCUT2D eigenvalue weighted by atomic mass is 9.78. The van der Waals surface area contributed by atoms with E-state index < -0.39 is 10.0 Å². The first-order chi connectivity index (χ1) is 9.45. The minimum atomic E-state index is -3.48. The number of piperidine rings is 1. The van der Waals surface area contributed by atoms with Crippen LogP contribution in [0.25, 0.3) is 0 Å². The first kappa shape index (κ1) is 14.0. The molecule has 0 unspecified atom stereocenters. The van der Waals surface area contributed by atoms with Gasteiger partial charge in [-0.3, -0.25) is 0 Å². The molecule has 7 heteroatoms. The second-order valence-corrected chi connectivity index (χ2v) is 7.87. The van der Waals surface area contributed by atoms with Gasteiger partial charge in [0, 0.05) is 13.1 Å². The van der Waals surface area contributed by atoms with E-state index in [1.54, 1.807) is 18.2 Å². The highest BCUT2D eigenvalue weighted by atomic mass is 32.2. The van der Waals surface area contributed by atoms with Gasteiger partial charge in [-0.2, -0.15) is 4.31 Å². The molecule has 0 bridgehead atoms. The van der Waals surface area contributed by atoms with Crippen LogP contribution in [-0.2, 0) is 10.0 Å². The number of hydrogen-bond donors (Lipinski definition) is 1. The highest BCUT2D eigenvalue weighted by Crippen LogP contribution is 2.41. The minimum Gasteiger partial charge on any atom is -0.360 e. The Balaban J connectivity index is 1.87. The van der Waals surface area contributed by atoms with Crippen molar-refractivity contribution >= 4 is 10.0 Å². The molecule has 1 aromatic heterocycles. The summed E-state index contributed by atoms with van der Waals surface area (Å²) in [6.07, 6.45) is 3.07. The van der Waals surface area contributed by atoms with Crippen LogP contribution in [0.1, 0.15) is 30.7 Å². The Bertz CT molecular complexity index is 583. The second-order valence-electron chi connectivity index (χ2n) is 5.99. The third-order valence-corrected chi connectivity index (χ3v) is 6.72. The van der Waals surface area contributed by atoms with Gasteiger partial charge in [0.25, 0.3) is 0 Å². The number of sulfonamides is 1. The van der Waals surface area contributed by atoms with Crippen LogP contribution in [0.5, 0.6) is 0 Å². The summed E-state index contributed by atoms with van der Waals surface area (Å²) >= 11 is 0. The molecule has 112 valence electrons. The van der Waals surface area contributed by atoms with Crippen LogP contribution in [0.4, 0.5) is 0 Å². The SMILES string of the molecule is Cc1noc(C)c1S(=O)(=O)N1CCC2(CCNCC2)C1. The molecule has 1 aromatic rings. The summed E-state index contributed by atoms with van der Waals surface area (Å²) in [4.78, 5) is 0.253. The molecule has 3 heterocycles. The average Bonchev–Trinajstić information content (AvgIpc) is 2.96. The third-order valence-electron chi connectivity index (χ3n) is 4.63. The van der Waals surface area contributed by atoms with Gasteiger partial charge in [0.05, 0.1) is 0 Å². The normalized spacial score (nSPS) is 23.5. The smallest absolute Gasteiger partial charge is 0.248 e. The summed E-state index contributed by atoms with van der Waals surface area (Å²) in [6, 6.07) is 0. The Morgan fingerprint density at radius 2 is 1.95 bits per heavy atom. The fourth-order valence-corrected chi connectivity index (χ4v) is 5.28. The van der Waals surface area contributed by atoms with Gasteiger partial charge in [-0.05, 0) is 51.6 Å². The molecule has 20 heavy (non-hydrogen) atoms. The van der Waals surface area contributed by atoms with Crippen LogP contribution in [0.15, 0.2) is 9.42 Å². The number of aryl methyl sites for hydroxylation is 2. The predicted molar refractivity (Wildman–Crippen MR) is 73.9 cm³/mol. The van der Waals surface area contributed by atoms with Gasteiger partial charge < -0.3 is 9.84 Å². The fourth-order valence-electron chi connectivity index (χ4n) is 3.44. The van der Waals surface area contributed by atoms with Crippen LogP contribution in [-0.4, -0.2) is 44.1 Å². The van der Waals surface area contributed by atoms with Crippen molar-refractivity contribution in [2.24, 2.45) is 5.41 Å². The summed E-state index contributed by atoms with van der Waals surface area (Å²) in [7, 11) is -3.48. The van der Waals surface area contributed by atoms with Crippen molar-refractivity contribution in [3.05, 3.63) is 11.5 Å². The van der Waals surface area contributed by atoms with E-state index in [2.05, 4.69) is 10.5 Å². The number of aromatic nitrogens is 1. The van der Waals surface area contributed by atoms with E-state index in [4.69, 9.17) is 4.52 Å². The molecular formula is C13H21N3O3S. The van der Waals surface area contributed by atoms with E-state index in [-0.39, 0.29) is 10.3 Å². The van der Waals surface area contributed by atoms with Gasteiger partial charge in [0.15, 0.2) is 5.76 Å². The molecule has 3 rings (SSSR count). The zero-order valence-corrected chi connectivity index (χ0v) is 12.8. The monoisotopic (exact) mass is 299 g/mol. The number of hydrogen-bond acceptors (Lipinski definition) is 5. The van der Waals surface area contributed by atoms with Crippen LogP contribution < -0.4 is 5.32 Å². The van der Waals surface area contributed by atoms with E-state index in [1.165, 1.54) is 0 Å². The number of nitrogens with zero attached hydrogens (tertiary/aromatic N) is 2. The standard InChI is InChI=1S/C13H21N3O3S/c1-10-12(11(2)19-15-10)20(17,18)16-8-5-13(9-16)3-6-14-7-4-13/h14H,3-9H2,1-2H3. The van der Waals surface area contributed by atoms with Crippen LogP contribution >= 0.6 is 0 Å². The molecule has 0 aliphatic carbocycles. The summed E-state index contributed by atoms with van der Waals surface area (Å²) in [5.41, 5.74) is 0.617. The van der Waals surface area contributed by atoms with Crippen molar-refractivity contribution in [2.45, 2.75) is 38.0 Å². The Morgan fingerprint density at radius 3 is 2.55 bits per heavy atom. The second kappa shape index (κ2) is 4.82. The first-order valence-electron chi connectivity index (χ1n) is 7.08. The largest absolute Gasteiger partial charge is 0.360 e. The first-order valence-corrected chi connectivity index (χ1v) is 8.52. The van der Waals surface area contributed by atoms with Gasteiger partial charge in [-0.25, -0.2) is 8.42 Å². The van der Waals surface area contributed by atoms with Gasteiger partial charge in [-0.15, -0.1) is 0 Å². The third kappa shape index (κ3) is 2.17. The maximum atomic E-state index is 12.8. The van der Waals surface area contributed by atoms with E-state index in [0.717, 1.165) is 32.4 Å². The molecule has 6 nitrogen and oxygen atoms in total. The zero-order chi connectivity index (χ0) is 14.4. The molecule has 2 fully saturated rings.